The van der Waals surface area contributed by atoms with Crippen LogP contribution in [-0.4, -0.2) is 50.3 Å². The highest BCUT2D eigenvalue weighted by molar-refractivity contribution is 5.72. The Hall–Kier alpha value is -0.610. The molecule has 0 aromatic rings. The van der Waals surface area contributed by atoms with E-state index in [-0.39, 0.29) is 11.9 Å². The first-order valence-corrected chi connectivity index (χ1v) is 6.21. The number of likely N-dealkylation sites (tertiary alicyclic amines) is 1. The highest BCUT2D eigenvalue weighted by Gasteiger charge is 2.28. The number of esters is 1. The molecule has 0 spiro atoms. The average molecular weight is 227 g/mol. The van der Waals surface area contributed by atoms with Crippen molar-refractivity contribution in [3.63, 3.8) is 0 Å². The molecule has 0 aliphatic carbocycles. The number of hydrogen-bond acceptors (Lipinski definition) is 4. The number of ether oxygens (including phenoxy) is 2. The Balaban J connectivity index is 1.79. The Morgan fingerprint density at radius 2 is 2.31 bits per heavy atom. The van der Waals surface area contributed by atoms with E-state index in [0.717, 1.165) is 39.1 Å². The summed E-state index contributed by atoms with van der Waals surface area (Å²) < 4.78 is 10.4. The van der Waals surface area contributed by atoms with E-state index in [1.165, 1.54) is 20.0 Å². The van der Waals surface area contributed by atoms with E-state index in [1.807, 2.05) is 0 Å². The molecule has 2 atom stereocenters. The molecule has 16 heavy (non-hydrogen) atoms. The molecular formula is C12H21NO3. The van der Waals surface area contributed by atoms with E-state index < -0.39 is 0 Å². The van der Waals surface area contributed by atoms with Crippen LogP contribution in [0.5, 0.6) is 0 Å². The minimum Gasteiger partial charge on any atom is -0.469 e. The fourth-order valence-corrected chi connectivity index (χ4v) is 2.66. The molecule has 4 nitrogen and oxygen atoms in total. The van der Waals surface area contributed by atoms with Gasteiger partial charge in [0.15, 0.2) is 0 Å². The fourth-order valence-electron chi connectivity index (χ4n) is 2.66. The third-order valence-electron chi connectivity index (χ3n) is 3.53. The SMILES string of the molecule is COC(=O)C1CCCN(CC2CCCO2)C1. The summed E-state index contributed by atoms with van der Waals surface area (Å²) in [5.74, 6) is 0.0113. The lowest BCUT2D eigenvalue weighted by molar-refractivity contribution is -0.147. The van der Waals surface area contributed by atoms with Crippen LogP contribution in [0.25, 0.3) is 0 Å². The van der Waals surface area contributed by atoms with Crippen molar-refractivity contribution < 1.29 is 14.3 Å². The van der Waals surface area contributed by atoms with Crippen LogP contribution in [0.15, 0.2) is 0 Å². The quantitative estimate of drug-likeness (QED) is 0.676. The minimum atomic E-state index is -0.0583. The summed E-state index contributed by atoms with van der Waals surface area (Å²) >= 11 is 0. The lowest BCUT2D eigenvalue weighted by Gasteiger charge is -2.32. The van der Waals surface area contributed by atoms with Gasteiger partial charge in [-0.2, -0.15) is 0 Å². The van der Waals surface area contributed by atoms with Crippen molar-refractivity contribution in [2.24, 2.45) is 5.92 Å². The second-order valence-electron chi connectivity index (χ2n) is 4.76. The molecule has 2 saturated heterocycles. The van der Waals surface area contributed by atoms with Crippen LogP contribution in [0.4, 0.5) is 0 Å². The van der Waals surface area contributed by atoms with Gasteiger partial charge in [0, 0.05) is 19.7 Å². The van der Waals surface area contributed by atoms with Gasteiger partial charge in [-0.1, -0.05) is 0 Å². The van der Waals surface area contributed by atoms with Crippen LogP contribution in [0.3, 0.4) is 0 Å². The smallest absolute Gasteiger partial charge is 0.309 e. The van der Waals surface area contributed by atoms with E-state index in [9.17, 15) is 4.79 Å². The molecule has 2 rings (SSSR count). The summed E-state index contributed by atoms with van der Waals surface area (Å²) in [6.07, 6.45) is 4.79. The first-order chi connectivity index (χ1) is 7.79. The Kier molecular flexibility index (Phi) is 4.18. The van der Waals surface area contributed by atoms with Crippen LogP contribution in [-0.2, 0) is 14.3 Å². The zero-order valence-corrected chi connectivity index (χ0v) is 9.98. The van der Waals surface area contributed by atoms with Gasteiger partial charge in [0.25, 0.3) is 0 Å². The summed E-state index contributed by atoms with van der Waals surface area (Å²) in [7, 11) is 1.47. The zero-order valence-electron chi connectivity index (χ0n) is 9.98. The molecule has 0 radical (unpaired) electrons. The van der Waals surface area contributed by atoms with Gasteiger partial charge in [-0.3, -0.25) is 9.69 Å². The maximum Gasteiger partial charge on any atom is 0.309 e. The molecule has 2 aliphatic heterocycles. The Labute approximate surface area is 96.9 Å². The Morgan fingerprint density at radius 1 is 1.44 bits per heavy atom. The summed E-state index contributed by atoms with van der Waals surface area (Å²) in [4.78, 5) is 13.8. The van der Waals surface area contributed by atoms with Crippen LogP contribution < -0.4 is 0 Å². The second-order valence-corrected chi connectivity index (χ2v) is 4.76. The second kappa shape index (κ2) is 5.64. The fraction of sp³-hybridized carbons (Fsp3) is 0.917. The summed E-state index contributed by atoms with van der Waals surface area (Å²) in [5.41, 5.74) is 0. The lowest BCUT2D eigenvalue weighted by atomic mass is 9.98. The molecule has 0 amide bonds. The molecule has 4 heteroatoms. The predicted octanol–water partition coefficient (Wildman–Crippen LogP) is 1.05. The first kappa shape index (κ1) is 11.9. The molecule has 2 fully saturated rings. The summed E-state index contributed by atoms with van der Waals surface area (Å²) in [5, 5.41) is 0. The van der Waals surface area contributed by atoms with Gasteiger partial charge in [-0.05, 0) is 32.2 Å². The van der Waals surface area contributed by atoms with Gasteiger partial charge in [0.2, 0.25) is 0 Å². The highest BCUT2D eigenvalue weighted by Crippen LogP contribution is 2.20. The highest BCUT2D eigenvalue weighted by atomic mass is 16.5. The first-order valence-electron chi connectivity index (χ1n) is 6.21. The van der Waals surface area contributed by atoms with Gasteiger partial charge in [-0.15, -0.1) is 0 Å². The average Bonchev–Trinajstić information content (AvgIpc) is 2.81. The van der Waals surface area contributed by atoms with Crippen molar-refractivity contribution in [1.29, 1.82) is 0 Å². The van der Waals surface area contributed by atoms with E-state index in [2.05, 4.69) is 4.90 Å². The maximum absolute atomic E-state index is 11.5. The predicted molar refractivity (Wildman–Crippen MR) is 60.2 cm³/mol. The van der Waals surface area contributed by atoms with Gasteiger partial charge in [0.1, 0.15) is 0 Å². The van der Waals surface area contributed by atoms with Crippen molar-refractivity contribution in [2.45, 2.75) is 31.8 Å². The van der Waals surface area contributed by atoms with Crippen LogP contribution in [0, 0.1) is 5.92 Å². The van der Waals surface area contributed by atoms with Crippen molar-refractivity contribution in [1.82, 2.24) is 4.90 Å². The molecule has 92 valence electrons. The summed E-state index contributed by atoms with van der Waals surface area (Å²) in [6.45, 7) is 3.81. The van der Waals surface area contributed by atoms with E-state index in [1.54, 1.807) is 0 Å². The molecule has 0 aromatic heterocycles. The number of rotatable bonds is 3. The Morgan fingerprint density at radius 3 is 3.00 bits per heavy atom. The molecular weight excluding hydrogens is 206 g/mol. The maximum atomic E-state index is 11.5. The van der Waals surface area contributed by atoms with E-state index >= 15 is 0 Å². The molecule has 2 heterocycles. The van der Waals surface area contributed by atoms with Gasteiger partial charge in [-0.25, -0.2) is 0 Å². The molecule has 2 aliphatic rings. The molecule has 0 saturated carbocycles. The zero-order chi connectivity index (χ0) is 11.4. The number of hydrogen-bond donors (Lipinski definition) is 0. The van der Waals surface area contributed by atoms with E-state index in [0.29, 0.717) is 6.10 Å². The number of nitrogens with zero attached hydrogens (tertiary/aromatic N) is 1. The molecule has 2 unspecified atom stereocenters. The third kappa shape index (κ3) is 2.95. The topological polar surface area (TPSA) is 38.8 Å². The van der Waals surface area contributed by atoms with Crippen LogP contribution >= 0.6 is 0 Å². The lowest BCUT2D eigenvalue weighted by Crippen LogP contribution is -2.42. The number of methoxy groups -OCH3 is 1. The van der Waals surface area contributed by atoms with Crippen LogP contribution in [0.1, 0.15) is 25.7 Å². The largest absolute Gasteiger partial charge is 0.469 e. The van der Waals surface area contributed by atoms with Crippen molar-refractivity contribution in [2.75, 3.05) is 33.4 Å². The van der Waals surface area contributed by atoms with Gasteiger partial charge < -0.3 is 9.47 Å². The number of piperidine rings is 1. The van der Waals surface area contributed by atoms with Gasteiger partial charge >= 0.3 is 5.97 Å². The van der Waals surface area contributed by atoms with Crippen molar-refractivity contribution >= 4 is 5.97 Å². The number of carbonyl (C=O) groups is 1. The van der Waals surface area contributed by atoms with Crippen molar-refractivity contribution in [3.8, 4) is 0 Å². The van der Waals surface area contributed by atoms with Crippen LogP contribution in [0.2, 0.25) is 0 Å². The normalized spacial score (nSPS) is 31.6. The minimum absolute atomic E-state index is 0.0583. The monoisotopic (exact) mass is 227 g/mol. The third-order valence-corrected chi connectivity index (χ3v) is 3.53. The summed E-state index contributed by atoms with van der Waals surface area (Å²) in [6, 6.07) is 0. The van der Waals surface area contributed by atoms with Gasteiger partial charge in [0.05, 0.1) is 19.1 Å². The standard InChI is InChI=1S/C12H21NO3/c1-15-12(14)10-4-2-6-13(8-10)9-11-5-3-7-16-11/h10-11H,2-9H2,1H3. The van der Waals surface area contributed by atoms with Crippen molar-refractivity contribution in [3.05, 3.63) is 0 Å². The Bertz CT molecular complexity index is 238. The van der Waals surface area contributed by atoms with E-state index in [4.69, 9.17) is 9.47 Å². The molecule has 0 aromatic carbocycles. The number of carbonyl (C=O) groups excluding carboxylic acids is 1. The molecule has 0 N–H and O–H groups in total. The molecule has 0 bridgehead atoms.